The van der Waals surface area contributed by atoms with Gasteiger partial charge in [0.1, 0.15) is 24.7 Å². The summed E-state index contributed by atoms with van der Waals surface area (Å²) < 4.78 is 77.0. The molecule has 0 spiro atoms. The number of nitrogens with zero attached hydrogens (tertiary/aromatic N) is 8. The van der Waals surface area contributed by atoms with E-state index in [-0.39, 0.29) is 73.2 Å². The zero-order valence-electron chi connectivity index (χ0n) is 47.1. The van der Waals surface area contributed by atoms with Crippen molar-refractivity contribution in [3.63, 3.8) is 0 Å². The maximum absolute atomic E-state index is 13.2. The molecule has 0 aromatic heterocycles. The van der Waals surface area contributed by atoms with Crippen LogP contribution in [0.5, 0.6) is 11.5 Å². The number of methoxy groups -OCH3 is 2. The van der Waals surface area contributed by atoms with Gasteiger partial charge in [0, 0.05) is 118 Å². The number of hydrogen-bond donors (Lipinski definition) is 0. The van der Waals surface area contributed by atoms with E-state index in [4.69, 9.17) is 18.9 Å². The smallest absolute Gasteiger partial charge is 0.248 e. The molecule has 2 saturated carbocycles. The first-order valence-corrected chi connectivity index (χ1v) is 29.9. The minimum absolute atomic E-state index is 0.0404. The van der Waals surface area contributed by atoms with Crippen molar-refractivity contribution < 1.29 is 45.4 Å². The molecule has 2 aliphatic heterocycles. The summed E-state index contributed by atoms with van der Waals surface area (Å²) in [6.45, 7) is 23.2. The first-order valence-electron chi connectivity index (χ1n) is 27.0. The van der Waals surface area contributed by atoms with Gasteiger partial charge in [-0.3, -0.25) is 19.4 Å². The number of carbonyl (C=O) groups excluding carboxylic acids is 2. The summed E-state index contributed by atoms with van der Waals surface area (Å²) in [6.07, 6.45) is 8.74. The second-order valence-corrected chi connectivity index (χ2v) is 24.8. The van der Waals surface area contributed by atoms with E-state index in [9.17, 15) is 26.4 Å². The molecule has 2 amide bonds. The zero-order valence-corrected chi connectivity index (χ0v) is 48.7. The van der Waals surface area contributed by atoms with E-state index >= 15 is 0 Å². The summed E-state index contributed by atoms with van der Waals surface area (Å²) in [5.74, 6) is 1.17. The second-order valence-electron chi connectivity index (χ2n) is 20.8. The molecule has 0 N–H and O–H groups in total. The molecule has 4 atom stereocenters. The Hall–Kier alpha value is -3.44. The third kappa shape index (κ3) is 16.3. The normalized spacial score (nSPS) is 21.8. The van der Waals surface area contributed by atoms with Crippen LogP contribution in [0.1, 0.15) is 87.5 Å². The lowest BCUT2D eigenvalue weighted by atomic mass is 9.88. The average Bonchev–Trinajstić information content (AvgIpc) is 3.39. The molecule has 2 aromatic carbocycles. The van der Waals surface area contributed by atoms with Crippen LogP contribution >= 0.6 is 0 Å². The molecule has 0 bridgehead atoms. The molecule has 2 heterocycles. The Kier molecular flexibility index (Phi) is 23.9. The van der Waals surface area contributed by atoms with E-state index < -0.39 is 20.0 Å². The second kappa shape index (κ2) is 28.8. The predicted octanol–water partition coefficient (Wildman–Crippen LogP) is 4.71. The van der Waals surface area contributed by atoms with Crippen molar-refractivity contribution in [3.05, 3.63) is 46.5 Å². The molecule has 4 fully saturated rings. The number of piperazine rings is 2. The van der Waals surface area contributed by atoms with Crippen molar-refractivity contribution >= 4 is 31.9 Å². The third-order valence-electron chi connectivity index (χ3n) is 16.1. The zero-order chi connectivity index (χ0) is 54.3. The Morgan fingerprint density at radius 1 is 0.541 bits per heavy atom. The predicted molar refractivity (Wildman–Crippen MR) is 291 cm³/mol. The maximum atomic E-state index is 13.2. The van der Waals surface area contributed by atoms with Crippen molar-refractivity contribution in [1.82, 2.24) is 38.0 Å². The summed E-state index contributed by atoms with van der Waals surface area (Å²) in [4.78, 5) is 40.2. The van der Waals surface area contributed by atoms with Crippen LogP contribution in [0, 0.1) is 27.7 Å². The Labute approximate surface area is 445 Å². The number of sulfonamides is 2. The van der Waals surface area contributed by atoms with Crippen molar-refractivity contribution in [2.24, 2.45) is 0 Å². The fourth-order valence-electron chi connectivity index (χ4n) is 11.3. The summed E-state index contributed by atoms with van der Waals surface area (Å²) >= 11 is 0. The highest BCUT2D eigenvalue weighted by molar-refractivity contribution is 7.89. The molecule has 18 nitrogen and oxygen atoms in total. The van der Waals surface area contributed by atoms with E-state index in [1.165, 1.54) is 35.5 Å². The van der Waals surface area contributed by atoms with Gasteiger partial charge in [0.15, 0.2) is 0 Å². The largest absolute Gasteiger partial charge is 0.497 e. The van der Waals surface area contributed by atoms with E-state index in [1.54, 1.807) is 66.2 Å². The van der Waals surface area contributed by atoms with Crippen LogP contribution < -0.4 is 9.47 Å². The van der Waals surface area contributed by atoms with Gasteiger partial charge < -0.3 is 38.5 Å². The monoisotopic (exact) mass is 1080 g/mol. The number of carbonyl (C=O) groups is 2. The molecule has 6 rings (SSSR count). The Morgan fingerprint density at radius 2 is 0.865 bits per heavy atom. The minimum Gasteiger partial charge on any atom is -0.497 e. The number of benzene rings is 2. The van der Waals surface area contributed by atoms with Gasteiger partial charge in [0.2, 0.25) is 31.9 Å². The highest BCUT2D eigenvalue weighted by Crippen LogP contribution is 2.31. The van der Waals surface area contributed by atoms with Gasteiger partial charge in [-0.15, -0.1) is 0 Å². The molecule has 2 aliphatic carbocycles. The molecule has 0 radical (unpaired) electrons. The van der Waals surface area contributed by atoms with Gasteiger partial charge in [-0.1, -0.05) is 13.8 Å². The summed E-state index contributed by atoms with van der Waals surface area (Å²) in [5, 5.41) is 0. The van der Waals surface area contributed by atoms with Crippen LogP contribution in [-0.4, -0.2) is 238 Å². The van der Waals surface area contributed by atoms with Crippen LogP contribution in [-0.2, 0) is 39.1 Å². The van der Waals surface area contributed by atoms with Gasteiger partial charge in [-0.2, -0.15) is 8.61 Å². The SMILES string of the molecule is CCN1CCN(C2CCCC(N(C)C(=O)COCCN(C)S(=O)(=O)c3c(C)cc(OC)cc3C)C2)CC1.CCN1CCN([C@H]2CCC[C@@H](N(C)C(=O)COCCN(C)S(=O)(=O)c3c(C)cc(OC)cc3C)C2)CC1. The molecule has 2 aromatic rings. The first-order chi connectivity index (χ1) is 35.2. The first kappa shape index (κ1) is 61.4. The van der Waals surface area contributed by atoms with Crippen LogP contribution in [0.3, 0.4) is 0 Å². The summed E-state index contributed by atoms with van der Waals surface area (Å²) in [5.41, 5.74) is 2.55. The van der Waals surface area contributed by atoms with E-state index in [2.05, 4.69) is 33.4 Å². The van der Waals surface area contributed by atoms with Gasteiger partial charge in [-0.05, 0) is 139 Å². The van der Waals surface area contributed by atoms with E-state index in [0.29, 0.717) is 45.8 Å². The number of rotatable bonds is 22. The highest BCUT2D eigenvalue weighted by atomic mass is 32.2. The highest BCUT2D eigenvalue weighted by Gasteiger charge is 2.34. The van der Waals surface area contributed by atoms with E-state index in [1.807, 2.05) is 23.9 Å². The maximum Gasteiger partial charge on any atom is 0.248 e. The fourth-order valence-corrected chi connectivity index (χ4v) is 14.4. The van der Waals surface area contributed by atoms with Crippen molar-refractivity contribution in [1.29, 1.82) is 0 Å². The number of aryl methyl sites for hydroxylation is 4. The molecule has 420 valence electrons. The van der Waals surface area contributed by atoms with Crippen molar-refractivity contribution in [2.45, 2.75) is 127 Å². The van der Waals surface area contributed by atoms with Gasteiger partial charge >= 0.3 is 0 Å². The quantitative estimate of drug-likeness (QED) is 0.149. The lowest BCUT2D eigenvalue weighted by Crippen LogP contribution is -2.53. The van der Waals surface area contributed by atoms with Crippen molar-refractivity contribution in [3.8, 4) is 11.5 Å². The molecule has 20 heteroatoms. The standard InChI is InChI=1S/2C27H46N4O5S/c2*1-7-30-11-13-31(14-12-30)24-10-8-9-23(19-24)29(5)26(32)20-36-16-15-28(4)37(33,34)27-21(2)17-25(35-6)18-22(27)3/h2*17-18,23-24H,7-16,19-20H2,1-6H3/t23-,24+;/m1./s1. The molecule has 2 saturated heterocycles. The Morgan fingerprint density at radius 3 is 1.16 bits per heavy atom. The van der Waals surface area contributed by atoms with Crippen LogP contribution in [0.4, 0.5) is 0 Å². The van der Waals surface area contributed by atoms with Crippen LogP contribution in [0.25, 0.3) is 0 Å². The molecular formula is C54H92N8O10S2. The number of amides is 2. The van der Waals surface area contributed by atoms with Gasteiger partial charge in [0.05, 0.1) is 37.2 Å². The number of likely N-dealkylation sites (N-methyl/N-ethyl adjacent to an activating group) is 6. The fraction of sp³-hybridized carbons (Fsp3) is 0.741. The topological polar surface area (TPSA) is 165 Å². The van der Waals surface area contributed by atoms with Gasteiger partial charge in [0.25, 0.3) is 0 Å². The third-order valence-corrected chi connectivity index (χ3v) is 20.4. The molecule has 2 unspecified atom stereocenters. The Bertz CT molecular complexity index is 2140. The molecule has 74 heavy (non-hydrogen) atoms. The molecular weight excluding hydrogens is 985 g/mol. The summed E-state index contributed by atoms with van der Waals surface area (Å²) in [6, 6.07) is 8.42. The lowest BCUT2D eigenvalue weighted by Gasteiger charge is -2.43. The lowest BCUT2D eigenvalue weighted by molar-refractivity contribution is -0.138. The Balaban J connectivity index is 0.000000274. The van der Waals surface area contributed by atoms with Crippen LogP contribution in [0.2, 0.25) is 0 Å². The molecule has 4 aliphatic rings. The van der Waals surface area contributed by atoms with E-state index in [0.717, 1.165) is 104 Å². The minimum atomic E-state index is -3.69. The average molecular weight is 1080 g/mol. The summed E-state index contributed by atoms with van der Waals surface area (Å²) in [7, 11) is 2.58. The number of ether oxygens (including phenoxy) is 4. The van der Waals surface area contributed by atoms with Crippen molar-refractivity contribution in [2.75, 3.05) is 147 Å². The van der Waals surface area contributed by atoms with Gasteiger partial charge in [-0.25, -0.2) is 16.8 Å². The van der Waals surface area contributed by atoms with Crippen LogP contribution in [0.15, 0.2) is 34.1 Å². The number of hydrogen-bond acceptors (Lipinski definition) is 14.